The van der Waals surface area contributed by atoms with Crippen LogP contribution in [0, 0.1) is 0 Å². The smallest absolute Gasteiger partial charge is 0.0806 e. The first kappa shape index (κ1) is 3.83. The first-order chi connectivity index (χ1) is 3.97. The molecule has 3 heteroatoms. The second-order valence-corrected chi connectivity index (χ2v) is 1.78. The molecule has 0 aromatic carbocycles. The van der Waals surface area contributed by atoms with Crippen molar-refractivity contribution < 1.29 is 0 Å². The zero-order valence-corrected chi connectivity index (χ0v) is 4.26. The van der Waals surface area contributed by atoms with Crippen molar-refractivity contribution in [1.29, 1.82) is 0 Å². The Morgan fingerprint density at radius 3 is 3.50 bits per heavy atom. The van der Waals surface area contributed by atoms with Crippen molar-refractivity contribution in [2.24, 2.45) is 4.99 Å². The van der Waals surface area contributed by atoms with E-state index in [1.54, 1.807) is 0 Å². The van der Waals surface area contributed by atoms with Crippen LogP contribution in [0.4, 0.5) is 0 Å². The average Bonchev–Trinajstić information content (AvgIpc) is 2.15. The monoisotopic (exact) mass is 107 g/mol. The van der Waals surface area contributed by atoms with Crippen molar-refractivity contribution in [2.75, 3.05) is 0 Å². The molecule has 2 heterocycles. The molecule has 0 atom stereocenters. The summed E-state index contributed by atoms with van der Waals surface area (Å²) in [4.78, 5) is 4.02. The van der Waals surface area contributed by atoms with Gasteiger partial charge in [0.1, 0.15) is 0 Å². The molecule has 0 bridgehead atoms. The molecule has 0 unspecified atom stereocenters. The third kappa shape index (κ3) is 0.332. The van der Waals surface area contributed by atoms with Gasteiger partial charge in [-0.15, -0.1) is 0 Å². The van der Waals surface area contributed by atoms with E-state index in [1.165, 1.54) is 5.56 Å². The molecule has 1 aliphatic heterocycles. The van der Waals surface area contributed by atoms with Gasteiger partial charge in [0.15, 0.2) is 0 Å². The Hall–Kier alpha value is -1.12. The van der Waals surface area contributed by atoms with E-state index >= 15 is 0 Å². The molecule has 0 amide bonds. The normalized spacial score (nSPS) is 14.5. The number of hydrogen-bond donors (Lipinski definition) is 1. The quantitative estimate of drug-likeness (QED) is 0.510. The molecular formula is C5H5N3. The predicted molar refractivity (Wildman–Crippen MR) is 29.9 cm³/mol. The third-order valence-corrected chi connectivity index (χ3v) is 1.23. The van der Waals surface area contributed by atoms with Gasteiger partial charge in [-0.3, -0.25) is 10.1 Å². The maximum atomic E-state index is 4.02. The number of hydrogen-bond acceptors (Lipinski definition) is 2. The van der Waals surface area contributed by atoms with Gasteiger partial charge in [0.25, 0.3) is 0 Å². The zero-order chi connectivity index (χ0) is 5.40. The number of aromatic amines is 1. The minimum Gasteiger partial charge on any atom is -0.286 e. The molecule has 40 valence electrons. The number of nitrogens with one attached hydrogen (secondary N) is 1. The van der Waals surface area contributed by atoms with E-state index in [2.05, 4.69) is 15.2 Å². The van der Waals surface area contributed by atoms with Gasteiger partial charge in [-0.1, -0.05) is 0 Å². The van der Waals surface area contributed by atoms with Crippen LogP contribution in [0.5, 0.6) is 0 Å². The van der Waals surface area contributed by atoms with Crippen molar-refractivity contribution in [3.8, 4) is 0 Å². The lowest BCUT2D eigenvalue weighted by Crippen LogP contribution is -1.76. The highest BCUT2D eigenvalue weighted by molar-refractivity contribution is 5.81. The Labute approximate surface area is 46.4 Å². The molecule has 2 rings (SSSR count). The van der Waals surface area contributed by atoms with Crippen LogP contribution in [0.3, 0.4) is 0 Å². The Morgan fingerprint density at radius 1 is 1.62 bits per heavy atom. The van der Waals surface area contributed by atoms with Crippen molar-refractivity contribution in [3.05, 3.63) is 17.5 Å². The summed E-state index contributed by atoms with van der Waals surface area (Å²) in [5.74, 6) is 0. The second-order valence-electron chi connectivity index (χ2n) is 1.78. The molecule has 1 aromatic rings. The minimum absolute atomic E-state index is 0.797. The topological polar surface area (TPSA) is 41.0 Å². The van der Waals surface area contributed by atoms with Gasteiger partial charge >= 0.3 is 0 Å². The summed E-state index contributed by atoms with van der Waals surface area (Å²) in [6, 6.07) is 0. The van der Waals surface area contributed by atoms with Gasteiger partial charge in [-0.2, -0.15) is 5.10 Å². The van der Waals surface area contributed by atoms with Crippen molar-refractivity contribution in [3.63, 3.8) is 0 Å². The summed E-state index contributed by atoms with van der Waals surface area (Å²) >= 11 is 0. The predicted octanol–water partition coefficient (Wildman–Crippen LogP) is 0.342. The molecule has 0 fully saturated rings. The van der Waals surface area contributed by atoms with E-state index in [0.717, 1.165) is 12.2 Å². The first-order valence-corrected chi connectivity index (χ1v) is 2.49. The van der Waals surface area contributed by atoms with Crippen LogP contribution >= 0.6 is 0 Å². The molecule has 1 N–H and O–H groups in total. The average molecular weight is 107 g/mol. The highest BCUT2D eigenvalue weighted by Gasteiger charge is 2.05. The zero-order valence-electron chi connectivity index (χ0n) is 4.26. The fraction of sp³-hybridized carbons (Fsp3) is 0.200. The summed E-state index contributed by atoms with van der Waals surface area (Å²) in [7, 11) is 0. The van der Waals surface area contributed by atoms with Crippen molar-refractivity contribution in [2.45, 2.75) is 6.54 Å². The third-order valence-electron chi connectivity index (χ3n) is 1.23. The molecule has 8 heavy (non-hydrogen) atoms. The maximum absolute atomic E-state index is 4.02. The Morgan fingerprint density at radius 2 is 2.62 bits per heavy atom. The van der Waals surface area contributed by atoms with Gasteiger partial charge in [-0.05, 0) is 0 Å². The van der Waals surface area contributed by atoms with Gasteiger partial charge in [0.05, 0.1) is 18.4 Å². The summed E-state index contributed by atoms with van der Waals surface area (Å²) in [5.41, 5.74) is 2.26. The Balaban J connectivity index is 2.67. The van der Waals surface area contributed by atoms with E-state index in [9.17, 15) is 0 Å². The van der Waals surface area contributed by atoms with E-state index in [4.69, 9.17) is 0 Å². The summed E-state index contributed by atoms with van der Waals surface area (Å²) in [5, 5.41) is 6.65. The molecule has 0 spiro atoms. The van der Waals surface area contributed by atoms with E-state index in [0.29, 0.717) is 0 Å². The highest BCUT2D eigenvalue weighted by atomic mass is 15.1. The lowest BCUT2D eigenvalue weighted by Gasteiger charge is -1.76. The van der Waals surface area contributed by atoms with Crippen LogP contribution in [0.2, 0.25) is 0 Å². The number of fused-ring (bicyclic) bond motifs is 1. The molecule has 3 nitrogen and oxygen atoms in total. The van der Waals surface area contributed by atoms with Crippen molar-refractivity contribution in [1.82, 2.24) is 10.2 Å². The molecule has 1 aliphatic rings. The first-order valence-electron chi connectivity index (χ1n) is 2.49. The van der Waals surface area contributed by atoms with Crippen LogP contribution in [0.25, 0.3) is 0 Å². The summed E-state index contributed by atoms with van der Waals surface area (Å²) < 4.78 is 0. The molecule has 0 aliphatic carbocycles. The van der Waals surface area contributed by atoms with Crippen LogP contribution in [0.15, 0.2) is 11.2 Å². The standard InChI is InChI=1S/C5H5N3/c1-4-2-7-8-5(4)3-6-1/h2-3H,1H2,(H,7,8). The lowest BCUT2D eigenvalue weighted by atomic mass is 10.3. The summed E-state index contributed by atoms with van der Waals surface area (Å²) in [6.45, 7) is 0.797. The van der Waals surface area contributed by atoms with E-state index < -0.39 is 0 Å². The van der Waals surface area contributed by atoms with Gasteiger partial charge in [0.2, 0.25) is 0 Å². The van der Waals surface area contributed by atoms with Crippen LogP contribution in [-0.2, 0) is 6.54 Å². The largest absolute Gasteiger partial charge is 0.286 e. The number of H-pyrrole nitrogens is 1. The Bertz CT molecular complexity index is 223. The molecular weight excluding hydrogens is 102 g/mol. The number of aliphatic imine (C=N–C) groups is 1. The second kappa shape index (κ2) is 1.18. The number of nitrogens with zero attached hydrogens (tertiary/aromatic N) is 2. The van der Waals surface area contributed by atoms with Crippen molar-refractivity contribution >= 4 is 6.21 Å². The SMILES string of the molecule is C1=NCc2cn[nH]c21. The molecule has 0 saturated carbocycles. The fourth-order valence-corrected chi connectivity index (χ4v) is 0.794. The molecule has 0 radical (unpaired) electrons. The maximum Gasteiger partial charge on any atom is 0.0806 e. The summed E-state index contributed by atoms with van der Waals surface area (Å²) in [6.07, 6.45) is 3.62. The number of rotatable bonds is 0. The van der Waals surface area contributed by atoms with E-state index in [-0.39, 0.29) is 0 Å². The van der Waals surface area contributed by atoms with Gasteiger partial charge in [-0.25, -0.2) is 0 Å². The van der Waals surface area contributed by atoms with E-state index in [1.807, 2.05) is 12.4 Å². The Kier molecular flexibility index (Phi) is 0.566. The fourth-order valence-electron chi connectivity index (χ4n) is 0.794. The van der Waals surface area contributed by atoms with Gasteiger partial charge in [0, 0.05) is 11.8 Å². The molecule has 0 saturated heterocycles. The van der Waals surface area contributed by atoms with Gasteiger partial charge < -0.3 is 0 Å². The lowest BCUT2D eigenvalue weighted by molar-refractivity contribution is 1.07. The molecule has 1 aromatic heterocycles. The highest BCUT2D eigenvalue weighted by Crippen LogP contribution is 2.08. The van der Waals surface area contributed by atoms with Crippen LogP contribution < -0.4 is 0 Å². The minimum atomic E-state index is 0.797. The van der Waals surface area contributed by atoms with Crippen LogP contribution in [-0.4, -0.2) is 16.4 Å². The van der Waals surface area contributed by atoms with Crippen LogP contribution in [0.1, 0.15) is 11.3 Å². The number of aromatic nitrogens is 2.